The molecule has 0 aliphatic rings. The predicted molar refractivity (Wildman–Crippen MR) is 121 cm³/mol. The quantitative estimate of drug-likeness (QED) is 0.224. The van der Waals surface area contributed by atoms with Crippen molar-refractivity contribution in [2.45, 2.75) is 63.3 Å². The first-order chi connectivity index (χ1) is 11.9. The molecule has 0 saturated heterocycles. The van der Waals surface area contributed by atoms with Crippen molar-refractivity contribution >= 4 is 39.8 Å². The summed E-state index contributed by atoms with van der Waals surface area (Å²) in [5.41, 5.74) is 1.10. The first-order valence-corrected chi connectivity index (χ1v) is 11.0. The van der Waals surface area contributed by atoms with Crippen LogP contribution in [0.3, 0.4) is 0 Å². The third-order valence-electron chi connectivity index (χ3n) is 4.16. The van der Waals surface area contributed by atoms with Crippen LogP contribution in [0.1, 0.15) is 51.5 Å². The third kappa shape index (κ3) is 10.4. The number of nitrogens with one attached hydrogen (secondary N) is 2. The van der Waals surface area contributed by atoms with Crippen LogP contribution in [0.25, 0.3) is 0 Å². The summed E-state index contributed by atoms with van der Waals surface area (Å²) in [6.45, 7) is 5.16. The average Bonchev–Trinajstić information content (AvgIpc) is 2.57. The van der Waals surface area contributed by atoms with E-state index in [1.807, 2.05) is 12.1 Å². The molecule has 1 aromatic carbocycles. The fourth-order valence-corrected chi connectivity index (χ4v) is 3.24. The smallest absolute Gasteiger partial charge is 0.191 e. The lowest BCUT2D eigenvalue weighted by atomic mass is 10.1. The van der Waals surface area contributed by atoms with Crippen LogP contribution in [0.4, 0.5) is 0 Å². The highest BCUT2D eigenvalue weighted by Gasteiger charge is 2.07. The maximum absolute atomic E-state index is 11.5. The Labute approximate surface area is 176 Å². The van der Waals surface area contributed by atoms with E-state index in [1.165, 1.54) is 31.9 Å². The number of aliphatic imine (C=N–C) groups is 1. The molecule has 0 heterocycles. The van der Waals surface area contributed by atoms with Crippen LogP contribution in [0.15, 0.2) is 34.2 Å². The van der Waals surface area contributed by atoms with Gasteiger partial charge in [-0.05, 0) is 37.5 Å². The van der Waals surface area contributed by atoms with Gasteiger partial charge in [-0.15, -0.1) is 24.0 Å². The molecule has 0 bridgehead atoms. The van der Waals surface area contributed by atoms with Crippen molar-refractivity contribution in [2.24, 2.45) is 4.99 Å². The molecule has 2 N–H and O–H groups in total. The molecule has 0 aliphatic heterocycles. The zero-order valence-corrected chi connectivity index (χ0v) is 19.6. The normalized spacial score (nSPS) is 13.0. The molecule has 0 amide bonds. The molecule has 5 nitrogen and oxygen atoms in total. The first-order valence-electron chi connectivity index (χ1n) is 9.13. The van der Waals surface area contributed by atoms with Gasteiger partial charge in [0.1, 0.15) is 0 Å². The van der Waals surface area contributed by atoms with E-state index in [0.717, 1.165) is 30.9 Å². The van der Waals surface area contributed by atoms with Gasteiger partial charge in [0.05, 0.1) is 4.90 Å². The van der Waals surface area contributed by atoms with Gasteiger partial charge in [0.2, 0.25) is 0 Å². The van der Waals surface area contributed by atoms with Gasteiger partial charge in [0.15, 0.2) is 15.8 Å². The highest BCUT2D eigenvalue weighted by atomic mass is 127. The molecular formula is C19H34IN3O2S. The molecule has 1 aromatic rings. The lowest BCUT2D eigenvalue weighted by molar-refractivity contribution is 0.537. The van der Waals surface area contributed by atoms with Gasteiger partial charge in [-0.25, -0.2) is 8.42 Å². The second kappa shape index (κ2) is 13.4. The molecule has 0 aromatic heterocycles. The van der Waals surface area contributed by atoms with E-state index in [1.54, 1.807) is 19.2 Å². The molecule has 1 unspecified atom stereocenters. The van der Waals surface area contributed by atoms with Gasteiger partial charge in [0.25, 0.3) is 0 Å². The van der Waals surface area contributed by atoms with E-state index in [9.17, 15) is 8.42 Å². The minimum Gasteiger partial charge on any atom is -0.356 e. The Morgan fingerprint density at radius 3 is 2.35 bits per heavy atom. The number of rotatable bonds is 10. The molecule has 0 fully saturated rings. The molecule has 0 saturated carbocycles. The first kappa shape index (κ1) is 25.2. The number of hydrogen-bond acceptors (Lipinski definition) is 3. The van der Waals surface area contributed by atoms with Gasteiger partial charge in [-0.2, -0.15) is 0 Å². The van der Waals surface area contributed by atoms with Crippen LogP contribution in [0, 0.1) is 0 Å². The molecule has 150 valence electrons. The Balaban J connectivity index is 0.00000625. The summed E-state index contributed by atoms with van der Waals surface area (Å²) in [6.07, 6.45) is 8.28. The predicted octanol–water partition coefficient (Wildman–Crippen LogP) is 3.77. The van der Waals surface area contributed by atoms with Crippen molar-refractivity contribution in [3.8, 4) is 0 Å². The fraction of sp³-hybridized carbons (Fsp3) is 0.632. The summed E-state index contributed by atoms with van der Waals surface area (Å²) in [7, 11) is -1.35. The molecule has 26 heavy (non-hydrogen) atoms. The number of guanidine groups is 1. The molecule has 1 rings (SSSR count). The number of halogens is 1. The van der Waals surface area contributed by atoms with Crippen molar-refractivity contribution in [1.82, 2.24) is 10.6 Å². The zero-order chi connectivity index (χ0) is 18.7. The largest absolute Gasteiger partial charge is 0.356 e. The van der Waals surface area contributed by atoms with Crippen LogP contribution in [0.2, 0.25) is 0 Å². The zero-order valence-electron chi connectivity index (χ0n) is 16.4. The Morgan fingerprint density at radius 1 is 1.15 bits per heavy atom. The highest BCUT2D eigenvalue weighted by molar-refractivity contribution is 14.0. The van der Waals surface area contributed by atoms with Gasteiger partial charge in [-0.3, -0.25) is 4.99 Å². The fourth-order valence-electron chi connectivity index (χ4n) is 2.61. The maximum Gasteiger partial charge on any atom is 0.191 e. The van der Waals surface area contributed by atoms with Crippen molar-refractivity contribution in [1.29, 1.82) is 0 Å². The minimum atomic E-state index is -3.13. The van der Waals surface area contributed by atoms with Crippen LogP contribution in [-0.2, 0) is 16.3 Å². The third-order valence-corrected chi connectivity index (χ3v) is 5.28. The van der Waals surface area contributed by atoms with Crippen LogP contribution < -0.4 is 10.6 Å². The number of hydrogen-bond donors (Lipinski definition) is 2. The standard InChI is InChI=1S/C19H33N3O2S.HI/c1-5-6-7-8-9-16(2)22-19(20-3)21-15-14-17-10-12-18(13-11-17)25(4,23)24;/h10-13,16H,5-9,14-15H2,1-4H3,(H2,20,21,22);1H. The summed E-state index contributed by atoms with van der Waals surface area (Å²) < 4.78 is 22.9. The number of nitrogens with zero attached hydrogens (tertiary/aromatic N) is 1. The molecule has 0 spiro atoms. The van der Waals surface area contributed by atoms with E-state index < -0.39 is 9.84 Å². The Kier molecular flexibility index (Phi) is 12.9. The topological polar surface area (TPSA) is 70.6 Å². The minimum absolute atomic E-state index is 0. The summed E-state index contributed by atoms with van der Waals surface area (Å²) in [5, 5.41) is 6.73. The number of unbranched alkanes of at least 4 members (excludes halogenated alkanes) is 3. The summed E-state index contributed by atoms with van der Waals surface area (Å²) >= 11 is 0. The van der Waals surface area contributed by atoms with E-state index >= 15 is 0 Å². The van der Waals surface area contributed by atoms with Crippen LogP contribution in [0.5, 0.6) is 0 Å². The Bertz CT molecular complexity index is 631. The molecule has 0 aliphatic carbocycles. The van der Waals surface area contributed by atoms with E-state index in [-0.39, 0.29) is 24.0 Å². The maximum atomic E-state index is 11.5. The molecule has 1 atom stereocenters. The molecule has 0 radical (unpaired) electrons. The summed E-state index contributed by atoms with van der Waals surface area (Å²) in [5.74, 6) is 0.816. The monoisotopic (exact) mass is 495 g/mol. The van der Waals surface area contributed by atoms with Crippen molar-refractivity contribution in [2.75, 3.05) is 19.8 Å². The number of sulfone groups is 1. The highest BCUT2D eigenvalue weighted by Crippen LogP contribution is 2.10. The second-order valence-corrected chi connectivity index (χ2v) is 8.58. The Hall–Kier alpha value is -0.830. The van der Waals surface area contributed by atoms with Crippen molar-refractivity contribution < 1.29 is 8.42 Å². The summed E-state index contributed by atoms with van der Waals surface area (Å²) in [6, 6.07) is 7.46. The lowest BCUT2D eigenvalue weighted by Gasteiger charge is -2.18. The lowest BCUT2D eigenvalue weighted by Crippen LogP contribution is -2.42. The second-order valence-electron chi connectivity index (χ2n) is 6.56. The van der Waals surface area contributed by atoms with E-state index in [2.05, 4.69) is 29.5 Å². The van der Waals surface area contributed by atoms with E-state index in [0.29, 0.717) is 10.9 Å². The Morgan fingerprint density at radius 2 is 1.81 bits per heavy atom. The summed E-state index contributed by atoms with van der Waals surface area (Å²) in [4.78, 5) is 4.62. The number of benzene rings is 1. The average molecular weight is 495 g/mol. The van der Waals surface area contributed by atoms with Crippen LogP contribution >= 0.6 is 24.0 Å². The SMILES string of the molecule is CCCCCCC(C)NC(=NC)NCCc1ccc(S(C)(=O)=O)cc1.I. The van der Waals surface area contributed by atoms with Gasteiger partial charge < -0.3 is 10.6 Å². The van der Waals surface area contributed by atoms with Gasteiger partial charge >= 0.3 is 0 Å². The molecule has 7 heteroatoms. The van der Waals surface area contributed by atoms with E-state index in [4.69, 9.17) is 0 Å². The van der Waals surface area contributed by atoms with Gasteiger partial charge in [0, 0.05) is 25.9 Å². The van der Waals surface area contributed by atoms with Crippen molar-refractivity contribution in [3.63, 3.8) is 0 Å². The van der Waals surface area contributed by atoms with Crippen LogP contribution in [-0.4, -0.2) is 40.3 Å². The van der Waals surface area contributed by atoms with Crippen molar-refractivity contribution in [3.05, 3.63) is 29.8 Å². The van der Waals surface area contributed by atoms with Gasteiger partial charge in [-0.1, -0.05) is 44.7 Å². The molecular weight excluding hydrogens is 461 g/mol.